The molecule has 1 unspecified atom stereocenters. The highest BCUT2D eigenvalue weighted by Gasteiger charge is 2.47. The number of likely N-dealkylation sites (tertiary alicyclic amines) is 2. The monoisotopic (exact) mass is 503 g/mol. The summed E-state index contributed by atoms with van der Waals surface area (Å²) in [6.45, 7) is 9.49. The highest BCUT2D eigenvalue weighted by Crippen LogP contribution is 2.39. The van der Waals surface area contributed by atoms with Gasteiger partial charge < -0.3 is 14.5 Å². The molecule has 4 rings (SSSR count). The zero-order chi connectivity index (χ0) is 26.2. The number of alkyl halides is 3. The third-order valence-corrected chi connectivity index (χ3v) is 7.74. The number of piperazine rings is 1. The number of halogens is 3. The molecular weight excluding hydrogens is 467 g/mol. The molecule has 2 aromatic rings. The lowest BCUT2D eigenvalue weighted by molar-refractivity contribution is -0.137. The van der Waals surface area contributed by atoms with Gasteiger partial charge in [-0.1, -0.05) is 6.07 Å². The van der Waals surface area contributed by atoms with E-state index in [0.29, 0.717) is 18.7 Å². The molecular formula is C28H36F3N3O2. The highest BCUT2D eigenvalue weighted by atomic mass is 19.4. The van der Waals surface area contributed by atoms with E-state index in [-0.39, 0.29) is 24.0 Å². The van der Waals surface area contributed by atoms with Gasteiger partial charge in [-0.15, -0.1) is 0 Å². The van der Waals surface area contributed by atoms with Crippen molar-refractivity contribution in [3.63, 3.8) is 0 Å². The SMILES string of the molecule is Cc1c(OCCCN(C)C)ccc(C(C)N2C[C@@H]3C[C@@H]2CN3C(=O)c2ccc(C(F)(F)F)cc2)c1C. The summed E-state index contributed by atoms with van der Waals surface area (Å²) in [5, 5.41) is 0. The molecule has 2 bridgehead atoms. The molecule has 0 spiro atoms. The van der Waals surface area contributed by atoms with Gasteiger partial charge in [-0.3, -0.25) is 9.69 Å². The van der Waals surface area contributed by atoms with Crippen LogP contribution in [0.2, 0.25) is 0 Å². The van der Waals surface area contributed by atoms with Crippen molar-refractivity contribution in [3.05, 3.63) is 64.2 Å². The first-order chi connectivity index (χ1) is 17.0. The Labute approximate surface area is 211 Å². The second kappa shape index (κ2) is 10.4. The number of hydrogen-bond acceptors (Lipinski definition) is 4. The smallest absolute Gasteiger partial charge is 0.416 e. The van der Waals surface area contributed by atoms with Crippen molar-refractivity contribution in [1.82, 2.24) is 14.7 Å². The molecule has 3 atom stereocenters. The Morgan fingerprint density at radius 1 is 1.06 bits per heavy atom. The number of amides is 1. The molecule has 2 aliphatic heterocycles. The van der Waals surface area contributed by atoms with Gasteiger partial charge >= 0.3 is 6.18 Å². The molecule has 0 aliphatic carbocycles. The first kappa shape index (κ1) is 26.5. The quantitative estimate of drug-likeness (QED) is 0.458. The van der Waals surface area contributed by atoms with Crippen LogP contribution in [0.5, 0.6) is 5.75 Å². The maximum absolute atomic E-state index is 13.0. The largest absolute Gasteiger partial charge is 0.493 e. The Morgan fingerprint density at radius 3 is 2.33 bits per heavy atom. The predicted molar refractivity (Wildman–Crippen MR) is 134 cm³/mol. The van der Waals surface area contributed by atoms with Crippen molar-refractivity contribution < 1.29 is 22.7 Å². The molecule has 2 aliphatic rings. The molecule has 1 amide bonds. The van der Waals surface area contributed by atoms with E-state index >= 15 is 0 Å². The Bertz CT molecular complexity index is 1080. The third-order valence-electron chi connectivity index (χ3n) is 7.74. The first-order valence-electron chi connectivity index (χ1n) is 12.6. The molecule has 196 valence electrons. The van der Waals surface area contributed by atoms with Crippen molar-refractivity contribution >= 4 is 5.91 Å². The van der Waals surface area contributed by atoms with Crippen LogP contribution in [0.15, 0.2) is 36.4 Å². The molecule has 0 saturated carbocycles. The minimum absolute atomic E-state index is 0.0768. The van der Waals surface area contributed by atoms with E-state index < -0.39 is 11.7 Å². The lowest BCUT2D eigenvalue weighted by atomic mass is 9.96. The van der Waals surface area contributed by atoms with Crippen molar-refractivity contribution in [2.75, 3.05) is 40.3 Å². The summed E-state index contributed by atoms with van der Waals surface area (Å²) in [5.74, 6) is 0.741. The van der Waals surface area contributed by atoms with Gasteiger partial charge in [0.05, 0.1) is 12.2 Å². The van der Waals surface area contributed by atoms with E-state index in [9.17, 15) is 18.0 Å². The molecule has 2 aromatic carbocycles. The van der Waals surface area contributed by atoms with E-state index in [1.54, 1.807) is 0 Å². The molecule has 8 heteroatoms. The summed E-state index contributed by atoms with van der Waals surface area (Å²) in [5.41, 5.74) is 3.22. The normalized spacial score (nSPS) is 20.9. The average molecular weight is 504 g/mol. The highest BCUT2D eigenvalue weighted by molar-refractivity contribution is 5.94. The van der Waals surface area contributed by atoms with Gasteiger partial charge in [0.25, 0.3) is 5.91 Å². The van der Waals surface area contributed by atoms with Crippen molar-refractivity contribution in [2.24, 2.45) is 0 Å². The molecule has 36 heavy (non-hydrogen) atoms. The molecule has 5 nitrogen and oxygen atoms in total. The number of rotatable bonds is 8. The van der Waals surface area contributed by atoms with Crippen LogP contribution in [-0.2, 0) is 6.18 Å². The molecule has 2 heterocycles. The number of benzene rings is 2. The van der Waals surface area contributed by atoms with Gasteiger partial charge in [-0.2, -0.15) is 13.2 Å². The van der Waals surface area contributed by atoms with Gasteiger partial charge in [0.15, 0.2) is 0 Å². The molecule has 2 saturated heterocycles. The minimum atomic E-state index is -4.40. The maximum Gasteiger partial charge on any atom is 0.416 e. The summed E-state index contributed by atoms with van der Waals surface area (Å²) >= 11 is 0. The Hall–Kier alpha value is -2.58. The standard InChI is InChI=1S/C28H36F3N3O2/c1-18-19(2)26(36-14-6-13-32(4)5)12-11-25(18)20(3)33-16-24-15-23(33)17-34(24)27(35)21-7-9-22(10-8-21)28(29,30)31/h7-12,20,23-24H,6,13-17H2,1-5H3/t20?,23-,24+/m1/s1. The topological polar surface area (TPSA) is 36.0 Å². The second-order valence-electron chi connectivity index (χ2n) is 10.4. The van der Waals surface area contributed by atoms with Crippen LogP contribution in [0.4, 0.5) is 13.2 Å². The van der Waals surface area contributed by atoms with Crippen LogP contribution in [0, 0.1) is 13.8 Å². The van der Waals surface area contributed by atoms with Crippen LogP contribution in [0.3, 0.4) is 0 Å². The van der Waals surface area contributed by atoms with Gasteiger partial charge in [0.2, 0.25) is 0 Å². The lowest BCUT2D eigenvalue weighted by Gasteiger charge is -2.38. The van der Waals surface area contributed by atoms with E-state index in [1.807, 2.05) is 4.90 Å². The van der Waals surface area contributed by atoms with Gasteiger partial charge in [-0.25, -0.2) is 0 Å². The number of carbonyl (C=O) groups is 1. The minimum Gasteiger partial charge on any atom is -0.493 e. The molecule has 0 N–H and O–H groups in total. The fourth-order valence-electron chi connectivity index (χ4n) is 5.56. The van der Waals surface area contributed by atoms with Crippen LogP contribution in [0.25, 0.3) is 0 Å². The first-order valence-corrected chi connectivity index (χ1v) is 12.6. The van der Waals surface area contributed by atoms with Crippen LogP contribution < -0.4 is 4.74 Å². The second-order valence-corrected chi connectivity index (χ2v) is 10.4. The van der Waals surface area contributed by atoms with Crippen LogP contribution in [0.1, 0.15) is 58.4 Å². The van der Waals surface area contributed by atoms with E-state index in [2.05, 4.69) is 56.8 Å². The summed E-state index contributed by atoms with van der Waals surface area (Å²) in [4.78, 5) is 19.5. The average Bonchev–Trinajstić information content (AvgIpc) is 3.44. The molecule has 2 fully saturated rings. The Kier molecular flexibility index (Phi) is 7.67. The zero-order valence-electron chi connectivity index (χ0n) is 21.7. The van der Waals surface area contributed by atoms with Crippen molar-refractivity contribution in [2.45, 2.75) is 57.9 Å². The van der Waals surface area contributed by atoms with Gasteiger partial charge in [0, 0.05) is 43.3 Å². The summed E-state index contributed by atoms with van der Waals surface area (Å²) in [7, 11) is 4.11. The van der Waals surface area contributed by atoms with Crippen LogP contribution in [-0.4, -0.2) is 73.0 Å². The Morgan fingerprint density at radius 2 is 1.75 bits per heavy atom. The maximum atomic E-state index is 13.0. The zero-order valence-corrected chi connectivity index (χ0v) is 21.7. The number of fused-ring (bicyclic) bond motifs is 2. The number of nitrogens with zero attached hydrogens (tertiary/aromatic N) is 3. The predicted octanol–water partition coefficient (Wildman–Crippen LogP) is 5.31. The summed E-state index contributed by atoms with van der Waals surface area (Å²) < 4.78 is 44.6. The fraction of sp³-hybridized carbons (Fsp3) is 0.536. The van der Waals surface area contributed by atoms with Gasteiger partial charge in [0.1, 0.15) is 5.75 Å². The lowest BCUT2D eigenvalue weighted by Crippen LogP contribution is -2.49. The third kappa shape index (κ3) is 5.39. The molecule has 0 radical (unpaired) electrons. The van der Waals surface area contributed by atoms with Gasteiger partial charge in [-0.05, 0) is 94.7 Å². The number of ether oxygens (including phenoxy) is 1. The summed E-state index contributed by atoms with van der Waals surface area (Å²) in [6.07, 6.45) is -2.54. The summed E-state index contributed by atoms with van der Waals surface area (Å²) in [6, 6.07) is 9.28. The van der Waals surface area contributed by atoms with Crippen molar-refractivity contribution in [3.8, 4) is 5.75 Å². The van der Waals surface area contributed by atoms with E-state index in [4.69, 9.17) is 4.74 Å². The van der Waals surface area contributed by atoms with E-state index in [1.165, 1.54) is 23.3 Å². The van der Waals surface area contributed by atoms with Crippen LogP contribution >= 0.6 is 0 Å². The number of carbonyl (C=O) groups excluding carboxylic acids is 1. The van der Waals surface area contributed by atoms with Crippen molar-refractivity contribution in [1.29, 1.82) is 0 Å². The number of hydrogen-bond donors (Lipinski definition) is 0. The Balaban J connectivity index is 1.39. The van der Waals surface area contributed by atoms with E-state index in [0.717, 1.165) is 49.4 Å². The fourth-order valence-corrected chi connectivity index (χ4v) is 5.56. The molecule has 0 aromatic heterocycles.